The van der Waals surface area contributed by atoms with Crippen molar-refractivity contribution in [3.05, 3.63) is 24.0 Å². The standard InChI is InChI=1S/C8H7N3O/c1-11-8-3-2-6(5-12)10-7(8)4-9-11/h2-5H,1H3. The Balaban J connectivity index is 2.77. The SMILES string of the molecule is Cn1ncc2nc(C=O)ccc21. The van der Waals surface area contributed by atoms with E-state index in [4.69, 9.17) is 0 Å². The molecule has 0 saturated heterocycles. The number of hydrogen-bond donors (Lipinski definition) is 0. The number of hydrogen-bond acceptors (Lipinski definition) is 3. The Bertz CT molecular complexity index is 433. The third-order valence-electron chi connectivity index (χ3n) is 1.75. The Hall–Kier alpha value is -1.71. The summed E-state index contributed by atoms with van der Waals surface area (Å²) in [6, 6.07) is 3.51. The van der Waals surface area contributed by atoms with Crippen molar-refractivity contribution in [3.63, 3.8) is 0 Å². The lowest BCUT2D eigenvalue weighted by molar-refractivity contribution is 0.111. The highest BCUT2D eigenvalue weighted by atomic mass is 16.1. The number of carbonyl (C=O) groups excluding carboxylic acids is 1. The number of aldehydes is 1. The first-order chi connectivity index (χ1) is 5.81. The van der Waals surface area contributed by atoms with Gasteiger partial charge in [0.1, 0.15) is 11.2 Å². The van der Waals surface area contributed by atoms with Crippen molar-refractivity contribution in [2.45, 2.75) is 0 Å². The molecule has 60 valence electrons. The molecule has 0 saturated carbocycles. The monoisotopic (exact) mass is 161 g/mol. The second kappa shape index (κ2) is 2.41. The summed E-state index contributed by atoms with van der Waals surface area (Å²) in [4.78, 5) is 14.4. The lowest BCUT2D eigenvalue weighted by Gasteiger charge is -1.92. The van der Waals surface area contributed by atoms with Gasteiger partial charge in [-0.1, -0.05) is 0 Å². The van der Waals surface area contributed by atoms with Crippen LogP contribution in [0.5, 0.6) is 0 Å². The van der Waals surface area contributed by atoms with Crippen molar-refractivity contribution in [1.29, 1.82) is 0 Å². The molecular formula is C8H7N3O. The Labute approximate surface area is 68.8 Å². The van der Waals surface area contributed by atoms with Crippen molar-refractivity contribution in [2.24, 2.45) is 7.05 Å². The Morgan fingerprint density at radius 3 is 3.08 bits per heavy atom. The number of rotatable bonds is 1. The largest absolute Gasteiger partial charge is 0.296 e. The molecule has 0 amide bonds. The molecule has 0 unspecified atom stereocenters. The van der Waals surface area contributed by atoms with Crippen molar-refractivity contribution in [2.75, 3.05) is 0 Å². The zero-order valence-corrected chi connectivity index (χ0v) is 6.56. The highest BCUT2D eigenvalue weighted by Gasteiger charge is 2.00. The average Bonchev–Trinajstić information content (AvgIpc) is 2.47. The molecule has 2 heterocycles. The fraction of sp³-hybridized carbons (Fsp3) is 0.125. The molecule has 0 N–H and O–H groups in total. The van der Waals surface area contributed by atoms with Gasteiger partial charge in [0.15, 0.2) is 6.29 Å². The maximum absolute atomic E-state index is 10.4. The smallest absolute Gasteiger partial charge is 0.168 e. The minimum absolute atomic E-state index is 0.440. The van der Waals surface area contributed by atoms with Gasteiger partial charge < -0.3 is 0 Å². The van der Waals surface area contributed by atoms with Gasteiger partial charge in [-0.25, -0.2) is 4.98 Å². The van der Waals surface area contributed by atoms with Crippen LogP contribution in [-0.4, -0.2) is 21.1 Å². The Kier molecular flexibility index (Phi) is 1.40. The quantitative estimate of drug-likeness (QED) is 0.580. The highest BCUT2D eigenvalue weighted by molar-refractivity contribution is 5.80. The van der Waals surface area contributed by atoms with Gasteiger partial charge >= 0.3 is 0 Å². The molecule has 0 bridgehead atoms. The van der Waals surface area contributed by atoms with Gasteiger partial charge in [0.05, 0.1) is 11.7 Å². The molecule has 2 aromatic rings. The molecule has 0 atom stereocenters. The molecule has 2 aromatic heterocycles. The third kappa shape index (κ3) is 0.887. The van der Waals surface area contributed by atoms with Crippen LogP contribution in [-0.2, 0) is 7.05 Å². The lowest BCUT2D eigenvalue weighted by Crippen LogP contribution is -1.90. The first-order valence-electron chi connectivity index (χ1n) is 3.55. The van der Waals surface area contributed by atoms with Crippen molar-refractivity contribution < 1.29 is 4.79 Å². The molecule has 4 nitrogen and oxygen atoms in total. The fourth-order valence-electron chi connectivity index (χ4n) is 1.12. The van der Waals surface area contributed by atoms with E-state index in [-0.39, 0.29) is 0 Å². The number of carbonyl (C=O) groups is 1. The summed E-state index contributed by atoms with van der Waals surface area (Å²) >= 11 is 0. The third-order valence-corrected chi connectivity index (χ3v) is 1.75. The van der Waals surface area contributed by atoms with Crippen molar-refractivity contribution >= 4 is 17.3 Å². The summed E-state index contributed by atoms with van der Waals surface area (Å²) in [5.74, 6) is 0. The zero-order chi connectivity index (χ0) is 8.55. The summed E-state index contributed by atoms with van der Waals surface area (Å²) in [5.41, 5.74) is 2.12. The van der Waals surface area contributed by atoms with Gasteiger partial charge in [-0.05, 0) is 12.1 Å². The zero-order valence-electron chi connectivity index (χ0n) is 6.56. The van der Waals surface area contributed by atoms with Gasteiger partial charge in [0, 0.05) is 7.05 Å². The molecule has 0 spiro atoms. The molecule has 0 aliphatic carbocycles. The van der Waals surface area contributed by atoms with E-state index < -0.39 is 0 Å². The van der Waals surface area contributed by atoms with E-state index in [9.17, 15) is 4.79 Å². The van der Waals surface area contributed by atoms with Crippen LogP contribution in [0.3, 0.4) is 0 Å². The summed E-state index contributed by atoms with van der Waals surface area (Å²) in [7, 11) is 1.84. The molecule has 4 heteroatoms. The van der Waals surface area contributed by atoms with Crippen LogP contribution in [0.4, 0.5) is 0 Å². The van der Waals surface area contributed by atoms with Gasteiger partial charge in [0.25, 0.3) is 0 Å². The molecule has 12 heavy (non-hydrogen) atoms. The second-order valence-electron chi connectivity index (χ2n) is 2.53. The summed E-state index contributed by atoms with van der Waals surface area (Å²) in [6.07, 6.45) is 2.37. The van der Waals surface area contributed by atoms with Crippen LogP contribution < -0.4 is 0 Å². The van der Waals surface area contributed by atoms with E-state index >= 15 is 0 Å². The molecular weight excluding hydrogens is 154 g/mol. The Morgan fingerprint density at radius 2 is 2.33 bits per heavy atom. The second-order valence-corrected chi connectivity index (χ2v) is 2.53. The topological polar surface area (TPSA) is 47.8 Å². The van der Waals surface area contributed by atoms with E-state index in [1.807, 2.05) is 13.1 Å². The van der Waals surface area contributed by atoms with Gasteiger partial charge in [-0.15, -0.1) is 0 Å². The van der Waals surface area contributed by atoms with Gasteiger partial charge in [0.2, 0.25) is 0 Å². The first-order valence-corrected chi connectivity index (χ1v) is 3.55. The molecule has 0 radical (unpaired) electrons. The van der Waals surface area contributed by atoms with Crippen molar-refractivity contribution in [1.82, 2.24) is 14.8 Å². The molecule has 0 fully saturated rings. The predicted octanol–water partition coefficient (Wildman–Crippen LogP) is 0.781. The van der Waals surface area contributed by atoms with E-state index in [2.05, 4.69) is 10.1 Å². The summed E-state index contributed by atoms with van der Waals surface area (Å²) in [6.45, 7) is 0. The molecule has 0 aliphatic heterocycles. The van der Waals surface area contributed by atoms with Crippen molar-refractivity contribution in [3.8, 4) is 0 Å². The molecule has 0 aromatic carbocycles. The lowest BCUT2D eigenvalue weighted by atomic mass is 10.3. The van der Waals surface area contributed by atoms with E-state index in [1.54, 1.807) is 16.9 Å². The Morgan fingerprint density at radius 1 is 1.50 bits per heavy atom. The number of aromatic nitrogens is 3. The number of pyridine rings is 1. The van der Waals surface area contributed by atoms with Crippen LogP contribution in [0.1, 0.15) is 10.5 Å². The van der Waals surface area contributed by atoms with E-state index in [1.165, 1.54) is 0 Å². The minimum atomic E-state index is 0.440. The average molecular weight is 161 g/mol. The highest BCUT2D eigenvalue weighted by Crippen LogP contribution is 2.09. The summed E-state index contributed by atoms with van der Waals surface area (Å²) in [5, 5.41) is 4.01. The van der Waals surface area contributed by atoms with E-state index in [0.717, 1.165) is 17.3 Å². The van der Waals surface area contributed by atoms with Gasteiger partial charge in [-0.3, -0.25) is 9.48 Å². The number of nitrogens with zero attached hydrogens (tertiary/aromatic N) is 3. The maximum atomic E-state index is 10.4. The van der Waals surface area contributed by atoms with E-state index in [0.29, 0.717) is 5.69 Å². The van der Waals surface area contributed by atoms with Crippen LogP contribution in [0.15, 0.2) is 18.3 Å². The van der Waals surface area contributed by atoms with Crippen LogP contribution in [0, 0.1) is 0 Å². The van der Waals surface area contributed by atoms with Crippen LogP contribution >= 0.6 is 0 Å². The predicted molar refractivity (Wildman–Crippen MR) is 43.9 cm³/mol. The normalized spacial score (nSPS) is 10.4. The molecule has 0 aliphatic rings. The first kappa shape index (κ1) is 6.97. The fourth-order valence-corrected chi connectivity index (χ4v) is 1.12. The minimum Gasteiger partial charge on any atom is -0.296 e. The number of aryl methyl sites for hydroxylation is 1. The van der Waals surface area contributed by atoms with Gasteiger partial charge in [-0.2, -0.15) is 5.10 Å². The van der Waals surface area contributed by atoms with Crippen LogP contribution in [0.2, 0.25) is 0 Å². The number of fused-ring (bicyclic) bond motifs is 1. The summed E-state index contributed by atoms with van der Waals surface area (Å²) < 4.78 is 1.72. The maximum Gasteiger partial charge on any atom is 0.168 e. The van der Waals surface area contributed by atoms with Crippen LogP contribution in [0.25, 0.3) is 11.0 Å². The molecule has 2 rings (SSSR count).